The summed E-state index contributed by atoms with van der Waals surface area (Å²) < 4.78 is 0. The number of benzene rings is 1. The molecule has 1 atom stereocenters. The minimum atomic E-state index is -0.553. The molecule has 2 aromatic rings. The van der Waals surface area contributed by atoms with Crippen LogP contribution in [-0.4, -0.2) is 52.5 Å². The molecule has 1 aromatic carbocycles. The fraction of sp³-hybridized carbons (Fsp3) is 0.522. The highest BCUT2D eigenvalue weighted by Gasteiger charge is 2.30. The van der Waals surface area contributed by atoms with Gasteiger partial charge < -0.3 is 15.3 Å². The van der Waals surface area contributed by atoms with Crippen molar-refractivity contribution in [3.8, 4) is 0 Å². The summed E-state index contributed by atoms with van der Waals surface area (Å²) in [5.41, 5.74) is 1.52. The summed E-state index contributed by atoms with van der Waals surface area (Å²) >= 11 is 1.46. The minimum Gasteiger partial charge on any atom is -0.396 e. The van der Waals surface area contributed by atoms with Crippen LogP contribution in [-0.2, 0) is 11.2 Å². The van der Waals surface area contributed by atoms with Crippen LogP contribution in [0.2, 0.25) is 0 Å². The maximum absolute atomic E-state index is 13.1. The van der Waals surface area contributed by atoms with Crippen molar-refractivity contribution in [2.45, 2.75) is 45.6 Å². The molecule has 7 heteroatoms. The summed E-state index contributed by atoms with van der Waals surface area (Å²) in [6.45, 7) is 5.53. The first-order chi connectivity index (χ1) is 14.5. The van der Waals surface area contributed by atoms with Gasteiger partial charge in [-0.3, -0.25) is 9.59 Å². The van der Waals surface area contributed by atoms with Gasteiger partial charge in [-0.2, -0.15) is 0 Å². The predicted molar refractivity (Wildman–Crippen MR) is 118 cm³/mol. The van der Waals surface area contributed by atoms with E-state index in [1.54, 1.807) is 5.38 Å². The first kappa shape index (κ1) is 22.4. The Bertz CT molecular complexity index is 829. The van der Waals surface area contributed by atoms with Crippen molar-refractivity contribution >= 4 is 23.2 Å². The van der Waals surface area contributed by atoms with Crippen LogP contribution in [0, 0.1) is 11.8 Å². The van der Waals surface area contributed by atoms with Crippen LogP contribution >= 0.6 is 11.3 Å². The number of nitrogens with zero attached hydrogens (tertiary/aromatic N) is 2. The SMILES string of the molecule is CC(C)CC(NC(=O)c1csc(Cc2ccccc2)n1)C(=O)N1CCC(CO)CC1. The van der Waals surface area contributed by atoms with Gasteiger partial charge >= 0.3 is 0 Å². The number of hydrogen-bond donors (Lipinski definition) is 2. The Kier molecular flexibility index (Phi) is 7.99. The van der Waals surface area contributed by atoms with Crippen LogP contribution in [0.15, 0.2) is 35.7 Å². The average molecular weight is 430 g/mol. The molecule has 0 spiro atoms. The Labute approximate surface area is 182 Å². The molecule has 1 unspecified atom stereocenters. The van der Waals surface area contributed by atoms with Crippen molar-refractivity contribution in [3.63, 3.8) is 0 Å². The van der Waals surface area contributed by atoms with E-state index in [2.05, 4.69) is 10.3 Å². The number of aromatic nitrogens is 1. The zero-order valence-electron chi connectivity index (χ0n) is 17.7. The molecule has 0 bridgehead atoms. The molecule has 0 aliphatic carbocycles. The van der Waals surface area contributed by atoms with Crippen LogP contribution in [0.3, 0.4) is 0 Å². The van der Waals surface area contributed by atoms with Crippen LogP contribution in [0.25, 0.3) is 0 Å². The molecule has 1 fully saturated rings. The lowest BCUT2D eigenvalue weighted by molar-refractivity contribution is -0.135. The lowest BCUT2D eigenvalue weighted by atomic mass is 9.96. The number of rotatable bonds is 8. The van der Waals surface area contributed by atoms with Crippen LogP contribution in [0.4, 0.5) is 0 Å². The van der Waals surface area contributed by atoms with E-state index in [1.807, 2.05) is 49.1 Å². The zero-order valence-corrected chi connectivity index (χ0v) is 18.5. The van der Waals surface area contributed by atoms with Crippen molar-refractivity contribution in [2.75, 3.05) is 19.7 Å². The van der Waals surface area contributed by atoms with E-state index < -0.39 is 6.04 Å². The lowest BCUT2D eigenvalue weighted by Gasteiger charge is -2.34. The van der Waals surface area contributed by atoms with Crippen molar-refractivity contribution in [1.82, 2.24) is 15.2 Å². The molecule has 0 radical (unpaired) electrons. The van der Waals surface area contributed by atoms with E-state index in [4.69, 9.17) is 0 Å². The molecule has 3 rings (SSSR count). The standard InChI is InChI=1S/C23H31N3O3S/c1-16(2)12-19(23(29)26-10-8-18(14-27)9-11-26)25-22(28)20-15-30-21(24-20)13-17-6-4-3-5-7-17/h3-7,15-16,18-19,27H,8-14H2,1-2H3,(H,25,28). The number of likely N-dealkylation sites (tertiary alicyclic amines) is 1. The summed E-state index contributed by atoms with van der Waals surface area (Å²) in [5.74, 6) is 0.214. The van der Waals surface area contributed by atoms with Crippen molar-refractivity contribution in [3.05, 3.63) is 52.0 Å². The molecular formula is C23H31N3O3S. The van der Waals surface area contributed by atoms with Gasteiger partial charge in [0.25, 0.3) is 5.91 Å². The largest absolute Gasteiger partial charge is 0.396 e. The second-order valence-corrected chi connectivity index (χ2v) is 9.34. The number of carbonyl (C=O) groups is 2. The van der Waals surface area contributed by atoms with Gasteiger partial charge in [-0.25, -0.2) is 4.98 Å². The van der Waals surface area contributed by atoms with E-state index in [0.717, 1.165) is 23.4 Å². The molecule has 0 saturated carbocycles. The second-order valence-electron chi connectivity index (χ2n) is 8.40. The quantitative estimate of drug-likeness (QED) is 0.676. The normalized spacial score (nSPS) is 15.9. The van der Waals surface area contributed by atoms with Gasteiger partial charge in [0, 0.05) is 31.5 Å². The maximum Gasteiger partial charge on any atom is 0.271 e. The summed E-state index contributed by atoms with van der Waals surface area (Å²) in [7, 11) is 0. The minimum absolute atomic E-state index is 0.0341. The summed E-state index contributed by atoms with van der Waals surface area (Å²) in [4.78, 5) is 32.2. The lowest BCUT2D eigenvalue weighted by Crippen LogP contribution is -2.51. The van der Waals surface area contributed by atoms with E-state index in [1.165, 1.54) is 11.3 Å². The highest BCUT2D eigenvalue weighted by atomic mass is 32.1. The van der Waals surface area contributed by atoms with Crippen LogP contribution in [0.5, 0.6) is 0 Å². The number of hydrogen-bond acceptors (Lipinski definition) is 5. The molecule has 30 heavy (non-hydrogen) atoms. The van der Waals surface area contributed by atoms with E-state index in [9.17, 15) is 14.7 Å². The first-order valence-electron chi connectivity index (χ1n) is 10.6. The molecular weight excluding hydrogens is 398 g/mol. The highest BCUT2D eigenvalue weighted by molar-refractivity contribution is 7.09. The smallest absolute Gasteiger partial charge is 0.271 e. The monoisotopic (exact) mass is 429 g/mol. The Hall–Kier alpha value is -2.25. The first-order valence-corrected chi connectivity index (χ1v) is 11.5. The second kappa shape index (κ2) is 10.7. The Balaban J connectivity index is 1.63. The molecule has 2 heterocycles. The Morgan fingerprint density at radius 1 is 1.23 bits per heavy atom. The Morgan fingerprint density at radius 3 is 2.57 bits per heavy atom. The van der Waals surface area contributed by atoms with Gasteiger partial charge in [0.1, 0.15) is 11.7 Å². The summed E-state index contributed by atoms with van der Waals surface area (Å²) in [6, 6.07) is 9.48. The van der Waals surface area contributed by atoms with Gasteiger partial charge in [0.15, 0.2) is 0 Å². The maximum atomic E-state index is 13.1. The molecule has 1 aliphatic heterocycles. The topological polar surface area (TPSA) is 82.5 Å². The molecule has 1 saturated heterocycles. The number of aliphatic hydroxyl groups excluding tert-OH is 1. The number of carbonyl (C=O) groups excluding carboxylic acids is 2. The molecule has 162 valence electrons. The third-order valence-corrected chi connectivity index (χ3v) is 6.33. The number of thiazole rings is 1. The number of nitrogens with one attached hydrogen (secondary N) is 1. The van der Waals surface area contributed by atoms with E-state index in [0.29, 0.717) is 31.6 Å². The summed E-state index contributed by atoms with van der Waals surface area (Å²) in [5, 5.41) is 14.9. The Morgan fingerprint density at radius 2 is 1.93 bits per heavy atom. The van der Waals surface area contributed by atoms with E-state index >= 15 is 0 Å². The van der Waals surface area contributed by atoms with Crippen LogP contribution < -0.4 is 5.32 Å². The van der Waals surface area contributed by atoms with Crippen molar-refractivity contribution in [2.24, 2.45) is 11.8 Å². The highest BCUT2D eigenvalue weighted by Crippen LogP contribution is 2.19. The van der Waals surface area contributed by atoms with Crippen molar-refractivity contribution < 1.29 is 14.7 Å². The molecule has 2 amide bonds. The van der Waals surface area contributed by atoms with Gasteiger partial charge in [0.05, 0.1) is 5.01 Å². The van der Waals surface area contributed by atoms with Crippen LogP contribution in [0.1, 0.15) is 54.2 Å². The molecule has 6 nitrogen and oxygen atoms in total. The molecule has 2 N–H and O–H groups in total. The number of aliphatic hydroxyl groups is 1. The number of piperidine rings is 1. The predicted octanol–water partition coefficient (Wildman–Crippen LogP) is 3.11. The van der Waals surface area contributed by atoms with Gasteiger partial charge in [-0.1, -0.05) is 44.2 Å². The summed E-state index contributed by atoms with van der Waals surface area (Å²) in [6.07, 6.45) is 2.89. The van der Waals surface area contributed by atoms with Gasteiger partial charge in [-0.05, 0) is 36.7 Å². The fourth-order valence-electron chi connectivity index (χ4n) is 3.75. The number of amides is 2. The van der Waals surface area contributed by atoms with E-state index in [-0.39, 0.29) is 30.3 Å². The zero-order chi connectivity index (χ0) is 21.5. The fourth-order valence-corrected chi connectivity index (χ4v) is 4.56. The molecule has 1 aromatic heterocycles. The third-order valence-electron chi connectivity index (χ3n) is 5.48. The van der Waals surface area contributed by atoms with Gasteiger partial charge in [0.2, 0.25) is 5.91 Å². The van der Waals surface area contributed by atoms with Crippen molar-refractivity contribution in [1.29, 1.82) is 0 Å². The third kappa shape index (κ3) is 6.12. The molecule has 1 aliphatic rings. The van der Waals surface area contributed by atoms with Gasteiger partial charge in [-0.15, -0.1) is 11.3 Å². The average Bonchev–Trinajstić information content (AvgIpc) is 3.22.